The van der Waals surface area contributed by atoms with E-state index >= 15 is 0 Å². The number of benzene rings is 2. The standard InChI is InChI=1S/C11H14N2O.C10H10O3/c1-8-6-13(2)11-5-9(7-14-12)3-4-10(8)11;1-7(11)4-8-2-3-9-10(5-8)13-6-12-9/h3-6H,7,12H2,1-2H3;2-3,5H,4,6H2,1H3. The van der Waals surface area contributed by atoms with Gasteiger partial charge < -0.3 is 14.0 Å². The van der Waals surface area contributed by atoms with Crippen LogP contribution in [0.4, 0.5) is 0 Å². The highest BCUT2D eigenvalue weighted by Crippen LogP contribution is 2.32. The van der Waals surface area contributed by atoms with Gasteiger partial charge in [0.15, 0.2) is 11.5 Å². The highest BCUT2D eigenvalue weighted by Gasteiger charge is 2.13. The molecule has 2 aromatic carbocycles. The topological polar surface area (TPSA) is 75.7 Å². The predicted octanol–water partition coefficient (Wildman–Crippen LogP) is 3.42. The molecule has 1 aliphatic rings. The van der Waals surface area contributed by atoms with E-state index in [4.69, 9.17) is 15.4 Å². The molecule has 0 atom stereocenters. The van der Waals surface area contributed by atoms with Crippen molar-refractivity contribution in [2.45, 2.75) is 26.9 Å². The van der Waals surface area contributed by atoms with E-state index in [1.165, 1.54) is 16.5 Å². The summed E-state index contributed by atoms with van der Waals surface area (Å²) < 4.78 is 12.5. The largest absolute Gasteiger partial charge is 0.454 e. The third-order valence-electron chi connectivity index (χ3n) is 4.39. The molecule has 6 heteroatoms. The van der Waals surface area contributed by atoms with Gasteiger partial charge >= 0.3 is 0 Å². The van der Waals surface area contributed by atoms with Crippen molar-refractivity contribution in [1.82, 2.24) is 4.57 Å². The Bertz CT molecular complexity index is 962. The minimum Gasteiger partial charge on any atom is -0.454 e. The second-order valence-corrected chi connectivity index (χ2v) is 6.65. The van der Waals surface area contributed by atoms with Crippen molar-refractivity contribution >= 4 is 16.7 Å². The SMILES string of the molecule is CC(=O)Cc1ccc2c(c1)OCO2.Cc1cn(C)c2cc(CON)ccc12. The van der Waals surface area contributed by atoms with Crippen LogP contribution in [0.5, 0.6) is 11.5 Å². The highest BCUT2D eigenvalue weighted by molar-refractivity contribution is 5.84. The summed E-state index contributed by atoms with van der Waals surface area (Å²) >= 11 is 0. The minimum absolute atomic E-state index is 0.152. The molecule has 2 N–H and O–H groups in total. The number of hydrogen-bond donors (Lipinski definition) is 1. The zero-order chi connectivity index (χ0) is 19.4. The molecule has 0 unspecified atom stereocenters. The summed E-state index contributed by atoms with van der Waals surface area (Å²) in [6.07, 6.45) is 2.58. The van der Waals surface area contributed by atoms with Gasteiger partial charge in [-0.1, -0.05) is 18.2 Å². The van der Waals surface area contributed by atoms with Gasteiger partial charge in [-0.15, -0.1) is 0 Å². The summed E-state index contributed by atoms with van der Waals surface area (Å²) in [4.78, 5) is 15.5. The summed E-state index contributed by atoms with van der Waals surface area (Å²) in [6.45, 7) is 4.42. The van der Waals surface area contributed by atoms with Crippen LogP contribution < -0.4 is 15.4 Å². The molecule has 0 radical (unpaired) electrons. The van der Waals surface area contributed by atoms with Crippen LogP contribution in [0, 0.1) is 6.92 Å². The maximum absolute atomic E-state index is 10.8. The summed E-state index contributed by atoms with van der Waals surface area (Å²) in [5.74, 6) is 6.68. The highest BCUT2D eigenvalue weighted by atomic mass is 16.7. The number of ketones is 1. The quantitative estimate of drug-likeness (QED) is 0.714. The number of aromatic nitrogens is 1. The number of carbonyl (C=O) groups is 1. The van der Waals surface area contributed by atoms with Crippen molar-refractivity contribution in [3.63, 3.8) is 0 Å². The Morgan fingerprint density at radius 3 is 2.63 bits per heavy atom. The van der Waals surface area contributed by atoms with E-state index in [9.17, 15) is 4.79 Å². The smallest absolute Gasteiger partial charge is 0.231 e. The zero-order valence-corrected chi connectivity index (χ0v) is 15.8. The molecular formula is C21H24N2O4. The minimum atomic E-state index is 0.152. The number of Topliss-reactive ketones (excluding diaryl/α,β-unsaturated/α-hetero) is 1. The monoisotopic (exact) mass is 368 g/mol. The first-order valence-electron chi connectivity index (χ1n) is 8.72. The molecule has 4 rings (SSSR count). The van der Waals surface area contributed by atoms with Gasteiger partial charge in [0.1, 0.15) is 5.78 Å². The fourth-order valence-corrected chi connectivity index (χ4v) is 3.16. The number of nitrogens with zero attached hydrogens (tertiary/aromatic N) is 1. The number of fused-ring (bicyclic) bond motifs is 2. The van der Waals surface area contributed by atoms with E-state index in [0.29, 0.717) is 13.0 Å². The maximum Gasteiger partial charge on any atom is 0.231 e. The average molecular weight is 368 g/mol. The lowest BCUT2D eigenvalue weighted by atomic mass is 10.1. The first-order valence-corrected chi connectivity index (χ1v) is 8.72. The molecule has 0 saturated carbocycles. The van der Waals surface area contributed by atoms with Crippen molar-refractivity contribution in [2.75, 3.05) is 6.79 Å². The van der Waals surface area contributed by atoms with Crippen molar-refractivity contribution in [3.05, 3.63) is 59.3 Å². The first kappa shape index (κ1) is 18.9. The van der Waals surface area contributed by atoms with Gasteiger partial charge in [0, 0.05) is 30.6 Å². The number of aryl methyl sites for hydroxylation is 2. The molecule has 0 aliphatic carbocycles. The third-order valence-corrected chi connectivity index (χ3v) is 4.39. The Morgan fingerprint density at radius 2 is 1.89 bits per heavy atom. The van der Waals surface area contributed by atoms with Crippen LogP contribution in [0.15, 0.2) is 42.6 Å². The van der Waals surface area contributed by atoms with E-state index in [-0.39, 0.29) is 12.6 Å². The van der Waals surface area contributed by atoms with Gasteiger partial charge in [0.05, 0.1) is 6.61 Å². The van der Waals surface area contributed by atoms with Crippen LogP contribution in [0.1, 0.15) is 23.6 Å². The van der Waals surface area contributed by atoms with Gasteiger partial charge in [-0.05, 0) is 48.7 Å². The van der Waals surface area contributed by atoms with Crippen LogP contribution in [-0.4, -0.2) is 17.1 Å². The van der Waals surface area contributed by atoms with Gasteiger partial charge in [0.2, 0.25) is 6.79 Å². The van der Waals surface area contributed by atoms with E-state index in [1.807, 2.05) is 31.3 Å². The lowest BCUT2D eigenvalue weighted by Crippen LogP contribution is -1.98. The fourth-order valence-electron chi connectivity index (χ4n) is 3.16. The molecule has 0 spiro atoms. The number of carbonyl (C=O) groups excluding carboxylic acids is 1. The first-order chi connectivity index (χ1) is 13.0. The van der Waals surface area contributed by atoms with E-state index in [1.54, 1.807) is 6.92 Å². The van der Waals surface area contributed by atoms with Crippen molar-refractivity contribution < 1.29 is 19.1 Å². The maximum atomic E-state index is 10.8. The summed E-state index contributed by atoms with van der Waals surface area (Å²) in [5, 5.41) is 1.29. The van der Waals surface area contributed by atoms with Gasteiger partial charge in [-0.3, -0.25) is 9.63 Å². The molecule has 0 fully saturated rings. The molecule has 2 heterocycles. The Morgan fingerprint density at radius 1 is 1.15 bits per heavy atom. The molecule has 1 aliphatic heterocycles. The normalized spacial score (nSPS) is 12.0. The molecule has 6 nitrogen and oxygen atoms in total. The summed E-state index contributed by atoms with van der Waals surface area (Å²) in [6, 6.07) is 11.8. The van der Waals surface area contributed by atoms with Crippen molar-refractivity contribution in [1.29, 1.82) is 0 Å². The molecule has 3 aromatic rings. The zero-order valence-electron chi connectivity index (χ0n) is 15.8. The van der Waals surface area contributed by atoms with Gasteiger partial charge in [-0.2, -0.15) is 0 Å². The Labute approximate surface area is 158 Å². The van der Waals surface area contributed by atoms with E-state index in [2.05, 4.69) is 34.7 Å². The number of hydrogen-bond acceptors (Lipinski definition) is 5. The Balaban J connectivity index is 0.000000156. The molecule has 0 saturated heterocycles. The van der Waals surface area contributed by atoms with Crippen LogP contribution >= 0.6 is 0 Å². The van der Waals surface area contributed by atoms with Gasteiger partial charge in [-0.25, -0.2) is 5.90 Å². The molecular weight excluding hydrogens is 344 g/mol. The molecule has 0 bridgehead atoms. The van der Waals surface area contributed by atoms with E-state index < -0.39 is 0 Å². The van der Waals surface area contributed by atoms with Crippen LogP contribution in [0.2, 0.25) is 0 Å². The second-order valence-electron chi connectivity index (χ2n) is 6.65. The number of nitrogens with two attached hydrogens (primary N) is 1. The lowest BCUT2D eigenvalue weighted by molar-refractivity contribution is -0.116. The average Bonchev–Trinajstić information content (AvgIpc) is 3.19. The van der Waals surface area contributed by atoms with Crippen LogP contribution in [-0.2, 0) is 29.7 Å². The summed E-state index contributed by atoms with van der Waals surface area (Å²) in [7, 11) is 2.04. The number of ether oxygens (including phenoxy) is 2. The van der Waals surface area contributed by atoms with Crippen LogP contribution in [0.25, 0.3) is 10.9 Å². The third kappa shape index (κ3) is 4.48. The predicted molar refractivity (Wildman–Crippen MR) is 104 cm³/mol. The molecule has 0 amide bonds. The van der Waals surface area contributed by atoms with Crippen molar-refractivity contribution in [3.8, 4) is 11.5 Å². The lowest BCUT2D eigenvalue weighted by Gasteiger charge is -2.01. The Kier molecular flexibility index (Phi) is 5.78. The summed E-state index contributed by atoms with van der Waals surface area (Å²) in [5.41, 5.74) is 4.58. The second kappa shape index (κ2) is 8.24. The van der Waals surface area contributed by atoms with Gasteiger partial charge in [0.25, 0.3) is 0 Å². The molecule has 142 valence electrons. The number of rotatable bonds is 4. The van der Waals surface area contributed by atoms with E-state index in [0.717, 1.165) is 22.6 Å². The van der Waals surface area contributed by atoms with Crippen molar-refractivity contribution in [2.24, 2.45) is 12.9 Å². The molecule has 1 aromatic heterocycles. The Hall–Kier alpha value is -2.83. The fraction of sp³-hybridized carbons (Fsp3) is 0.286. The van der Waals surface area contributed by atoms with Crippen LogP contribution in [0.3, 0.4) is 0 Å². The molecule has 27 heavy (non-hydrogen) atoms.